The largest absolute Gasteiger partial charge is 0.126 e. The van der Waals surface area contributed by atoms with Gasteiger partial charge in [0.25, 0.3) is 0 Å². The van der Waals surface area contributed by atoms with Gasteiger partial charge < -0.3 is 0 Å². The maximum atomic E-state index is 6.16. The fourth-order valence-corrected chi connectivity index (χ4v) is 3.28. The quantitative estimate of drug-likeness (QED) is 0.662. The molecule has 1 saturated carbocycles. The van der Waals surface area contributed by atoms with Crippen molar-refractivity contribution in [2.45, 2.75) is 44.9 Å². The fraction of sp³-hybridized carbons (Fsp3) is 0.600. The smallest absolute Gasteiger partial charge is 0.0294 e. The second-order valence-corrected chi connectivity index (χ2v) is 5.21. The van der Waals surface area contributed by atoms with Gasteiger partial charge in [0.2, 0.25) is 0 Å². The Morgan fingerprint density at radius 1 is 1.19 bits per heavy atom. The van der Waals surface area contributed by atoms with Crippen molar-refractivity contribution in [3.8, 4) is 0 Å². The second kappa shape index (κ2) is 5.72. The molecule has 0 heterocycles. The van der Waals surface area contributed by atoms with Gasteiger partial charge in [-0.2, -0.15) is 0 Å². The van der Waals surface area contributed by atoms with Crippen LogP contribution in [0.3, 0.4) is 0 Å². The van der Waals surface area contributed by atoms with Gasteiger partial charge in [-0.05, 0) is 36.3 Å². The van der Waals surface area contributed by atoms with Crippen LogP contribution in [0.15, 0.2) is 24.3 Å². The molecule has 88 valence electrons. The van der Waals surface area contributed by atoms with E-state index in [2.05, 4.69) is 31.2 Å². The molecular weight excluding hydrogens is 216 g/mol. The maximum absolute atomic E-state index is 6.16. The summed E-state index contributed by atoms with van der Waals surface area (Å²) in [5, 5.41) is 0. The van der Waals surface area contributed by atoms with Crippen LogP contribution < -0.4 is 0 Å². The fourth-order valence-electron chi connectivity index (χ4n) is 2.85. The Bertz CT molecular complexity index is 309. The van der Waals surface area contributed by atoms with Gasteiger partial charge in [0.15, 0.2) is 0 Å². The van der Waals surface area contributed by atoms with E-state index < -0.39 is 0 Å². The van der Waals surface area contributed by atoms with Crippen molar-refractivity contribution < 1.29 is 0 Å². The summed E-state index contributed by atoms with van der Waals surface area (Å²) in [6.07, 6.45) is 6.64. The van der Waals surface area contributed by atoms with Crippen molar-refractivity contribution in [2.24, 2.45) is 5.92 Å². The molecule has 0 saturated heterocycles. The Kier molecular flexibility index (Phi) is 4.29. The molecule has 2 rings (SSSR count). The van der Waals surface area contributed by atoms with Crippen LogP contribution in [0, 0.1) is 5.92 Å². The Morgan fingerprint density at radius 3 is 2.31 bits per heavy atom. The van der Waals surface area contributed by atoms with E-state index in [9.17, 15) is 0 Å². The molecule has 0 radical (unpaired) electrons. The molecule has 16 heavy (non-hydrogen) atoms. The zero-order valence-corrected chi connectivity index (χ0v) is 10.8. The highest BCUT2D eigenvalue weighted by molar-refractivity contribution is 6.18. The zero-order valence-electron chi connectivity index (χ0n) is 10.1. The van der Waals surface area contributed by atoms with Gasteiger partial charge in [0.05, 0.1) is 0 Å². The first-order valence-electron chi connectivity index (χ1n) is 6.50. The van der Waals surface area contributed by atoms with Crippen LogP contribution in [0.4, 0.5) is 0 Å². The molecule has 1 atom stereocenters. The molecule has 1 aliphatic rings. The van der Waals surface area contributed by atoms with E-state index in [1.165, 1.54) is 36.8 Å². The first-order chi connectivity index (χ1) is 7.85. The average Bonchev–Trinajstić information content (AvgIpc) is 2.85. The van der Waals surface area contributed by atoms with Gasteiger partial charge in [0, 0.05) is 11.8 Å². The number of alkyl halides is 1. The second-order valence-electron chi connectivity index (χ2n) is 4.90. The highest BCUT2D eigenvalue weighted by atomic mass is 35.5. The number of hydrogen-bond donors (Lipinski definition) is 0. The zero-order chi connectivity index (χ0) is 11.4. The third kappa shape index (κ3) is 2.60. The molecular formula is C15H21Cl. The van der Waals surface area contributed by atoms with E-state index in [0.29, 0.717) is 5.92 Å². The van der Waals surface area contributed by atoms with Gasteiger partial charge in [-0.1, -0.05) is 44.0 Å². The van der Waals surface area contributed by atoms with Crippen LogP contribution in [0.5, 0.6) is 0 Å². The molecule has 1 aliphatic carbocycles. The normalized spacial score (nSPS) is 18.9. The lowest BCUT2D eigenvalue weighted by Crippen LogP contribution is -2.11. The number of halogens is 1. The monoisotopic (exact) mass is 236 g/mol. The van der Waals surface area contributed by atoms with Crippen LogP contribution in [0.25, 0.3) is 0 Å². The lowest BCUT2D eigenvalue weighted by Gasteiger charge is -2.21. The minimum Gasteiger partial charge on any atom is -0.126 e. The van der Waals surface area contributed by atoms with Crippen molar-refractivity contribution in [1.82, 2.24) is 0 Å². The third-order valence-corrected chi connectivity index (χ3v) is 4.28. The minimum atomic E-state index is 0.579. The lowest BCUT2D eigenvalue weighted by molar-refractivity contribution is 0.464. The van der Waals surface area contributed by atoms with E-state index in [0.717, 1.165) is 18.2 Å². The molecule has 0 amide bonds. The number of rotatable bonds is 4. The molecule has 1 aromatic rings. The summed E-state index contributed by atoms with van der Waals surface area (Å²) in [6, 6.07) is 9.07. The molecule has 0 N–H and O–H groups in total. The van der Waals surface area contributed by atoms with Crippen LogP contribution in [0.2, 0.25) is 0 Å². The molecule has 1 heteroatoms. The standard InChI is InChI=1S/C15H21Cl/c1-2-12-7-9-14(10-8-12)15(11-16)13-5-3-4-6-13/h7-10,13,15H,2-6,11H2,1H3. The van der Waals surface area contributed by atoms with Crippen molar-refractivity contribution in [2.75, 3.05) is 5.88 Å². The lowest BCUT2D eigenvalue weighted by atomic mass is 9.86. The molecule has 0 bridgehead atoms. The summed E-state index contributed by atoms with van der Waals surface area (Å²) >= 11 is 6.16. The molecule has 1 unspecified atom stereocenters. The van der Waals surface area contributed by atoms with E-state index in [1.54, 1.807) is 0 Å². The van der Waals surface area contributed by atoms with Crippen LogP contribution in [0.1, 0.15) is 49.7 Å². The Balaban J connectivity index is 2.12. The van der Waals surface area contributed by atoms with Gasteiger partial charge in [-0.15, -0.1) is 11.6 Å². The first-order valence-corrected chi connectivity index (χ1v) is 7.03. The predicted octanol–water partition coefficient (Wildman–Crippen LogP) is 4.76. The van der Waals surface area contributed by atoms with E-state index in [1.807, 2.05) is 0 Å². The molecule has 0 nitrogen and oxygen atoms in total. The Labute approximate surface area is 104 Å². The van der Waals surface area contributed by atoms with Crippen molar-refractivity contribution in [3.63, 3.8) is 0 Å². The van der Waals surface area contributed by atoms with Crippen LogP contribution >= 0.6 is 11.6 Å². The minimum absolute atomic E-state index is 0.579. The van der Waals surface area contributed by atoms with Crippen molar-refractivity contribution in [1.29, 1.82) is 0 Å². The third-order valence-electron chi connectivity index (χ3n) is 3.95. The van der Waals surface area contributed by atoms with Crippen LogP contribution in [-0.2, 0) is 6.42 Å². The molecule has 1 aromatic carbocycles. The highest BCUT2D eigenvalue weighted by Gasteiger charge is 2.25. The number of hydrogen-bond acceptors (Lipinski definition) is 0. The summed E-state index contributed by atoms with van der Waals surface area (Å²) in [7, 11) is 0. The summed E-state index contributed by atoms with van der Waals surface area (Å²) in [6.45, 7) is 2.20. The SMILES string of the molecule is CCc1ccc(C(CCl)C2CCCC2)cc1. The van der Waals surface area contributed by atoms with Crippen molar-refractivity contribution in [3.05, 3.63) is 35.4 Å². The molecule has 0 spiro atoms. The van der Waals surface area contributed by atoms with E-state index in [4.69, 9.17) is 11.6 Å². The summed E-state index contributed by atoms with van der Waals surface area (Å²) in [5.41, 5.74) is 2.86. The van der Waals surface area contributed by atoms with Gasteiger partial charge in [0.1, 0.15) is 0 Å². The molecule has 0 aliphatic heterocycles. The summed E-state index contributed by atoms with van der Waals surface area (Å²) < 4.78 is 0. The van der Waals surface area contributed by atoms with Gasteiger partial charge in [-0.3, -0.25) is 0 Å². The van der Waals surface area contributed by atoms with Gasteiger partial charge >= 0.3 is 0 Å². The number of benzene rings is 1. The summed E-state index contributed by atoms with van der Waals surface area (Å²) in [5.74, 6) is 2.18. The first kappa shape index (κ1) is 12.0. The van der Waals surface area contributed by atoms with Crippen LogP contribution in [-0.4, -0.2) is 5.88 Å². The predicted molar refractivity (Wildman–Crippen MR) is 71.2 cm³/mol. The van der Waals surface area contributed by atoms with E-state index >= 15 is 0 Å². The summed E-state index contributed by atoms with van der Waals surface area (Å²) in [4.78, 5) is 0. The average molecular weight is 237 g/mol. The van der Waals surface area contributed by atoms with Gasteiger partial charge in [-0.25, -0.2) is 0 Å². The Hall–Kier alpha value is -0.490. The number of aryl methyl sites for hydroxylation is 1. The molecule has 1 fully saturated rings. The van der Waals surface area contributed by atoms with Crippen molar-refractivity contribution >= 4 is 11.6 Å². The van der Waals surface area contributed by atoms with E-state index in [-0.39, 0.29) is 0 Å². The topological polar surface area (TPSA) is 0 Å². The maximum Gasteiger partial charge on any atom is 0.0294 e. The highest BCUT2D eigenvalue weighted by Crippen LogP contribution is 2.38. The molecule has 0 aromatic heterocycles. The Morgan fingerprint density at radius 2 is 1.81 bits per heavy atom.